The van der Waals surface area contributed by atoms with E-state index in [0.29, 0.717) is 0 Å². The number of ether oxygens (including phenoxy) is 1. The normalized spacial score (nSPS) is 12.5. The van der Waals surface area contributed by atoms with Gasteiger partial charge in [0.05, 0.1) is 7.11 Å². The lowest BCUT2D eigenvalue weighted by Crippen LogP contribution is -1.78. The summed E-state index contributed by atoms with van der Waals surface area (Å²) in [4.78, 5) is 0. The summed E-state index contributed by atoms with van der Waals surface area (Å²) in [5.74, 6) is 0.756. The minimum absolute atomic E-state index is 0.756. The third kappa shape index (κ3) is 4.20. The molecule has 0 saturated carbocycles. The van der Waals surface area contributed by atoms with Crippen molar-refractivity contribution in [2.75, 3.05) is 7.11 Å². The highest BCUT2D eigenvalue weighted by atomic mass is 16.5. The molecule has 0 aliphatic rings. The predicted octanol–water partition coefficient (Wildman–Crippen LogP) is 2.84. The monoisotopic (exact) mass is 150 g/mol. The third-order valence-corrected chi connectivity index (χ3v) is 1.27. The first-order valence-corrected chi connectivity index (χ1v) is 3.42. The second-order valence-corrected chi connectivity index (χ2v) is 2.09. The molecule has 0 aliphatic heterocycles. The Labute approximate surface area is 68.4 Å². The minimum Gasteiger partial charge on any atom is -0.497 e. The molecule has 0 radical (unpaired) electrons. The van der Waals surface area contributed by atoms with E-state index >= 15 is 0 Å². The van der Waals surface area contributed by atoms with Crippen molar-refractivity contribution in [2.45, 2.75) is 6.92 Å². The van der Waals surface area contributed by atoms with Crippen LogP contribution in [-0.2, 0) is 4.74 Å². The van der Waals surface area contributed by atoms with Crippen LogP contribution in [0.25, 0.3) is 0 Å². The van der Waals surface area contributed by atoms with Crippen LogP contribution in [0, 0.1) is 0 Å². The Morgan fingerprint density at radius 2 is 1.82 bits per heavy atom. The average molecular weight is 150 g/mol. The third-order valence-electron chi connectivity index (χ3n) is 1.27. The van der Waals surface area contributed by atoms with E-state index in [0.717, 1.165) is 11.3 Å². The molecule has 0 aromatic heterocycles. The van der Waals surface area contributed by atoms with Crippen LogP contribution in [0.15, 0.2) is 48.8 Å². The van der Waals surface area contributed by atoms with Crippen molar-refractivity contribution in [3.05, 3.63) is 48.8 Å². The Morgan fingerprint density at radius 3 is 2.18 bits per heavy atom. The van der Waals surface area contributed by atoms with Gasteiger partial charge >= 0.3 is 0 Å². The molecule has 0 spiro atoms. The molecule has 0 unspecified atom stereocenters. The maximum Gasteiger partial charge on any atom is 0.118 e. The van der Waals surface area contributed by atoms with E-state index in [2.05, 4.69) is 13.2 Å². The Bertz CT molecular complexity index is 197. The molecule has 0 saturated heterocycles. The van der Waals surface area contributed by atoms with Crippen molar-refractivity contribution < 1.29 is 4.74 Å². The summed E-state index contributed by atoms with van der Waals surface area (Å²) < 4.78 is 4.96. The van der Waals surface area contributed by atoms with Crippen molar-refractivity contribution in [3.8, 4) is 0 Å². The molecule has 0 aromatic carbocycles. The van der Waals surface area contributed by atoms with Crippen LogP contribution in [0.2, 0.25) is 0 Å². The van der Waals surface area contributed by atoms with Gasteiger partial charge in [-0.05, 0) is 19.1 Å². The zero-order valence-corrected chi connectivity index (χ0v) is 7.13. The van der Waals surface area contributed by atoms with Crippen LogP contribution in [-0.4, -0.2) is 7.11 Å². The van der Waals surface area contributed by atoms with Gasteiger partial charge in [-0.25, -0.2) is 0 Å². The van der Waals surface area contributed by atoms with Gasteiger partial charge in [0.2, 0.25) is 0 Å². The first-order valence-electron chi connectivity index (χ1n) is 3.42. The van der Waals surface area contributed by atoms with Gasteiger partial charge in [0, 0.05) is 0 Å². The summed E-state index contributed by atoms with van der Waals surface area (Å²) in [5, 5.41) is 0. The van der Waals surface area contributed by atoms with Crippen LogP contribution in [0.3, 0.4) is 0 Å². The molecule has 0 aromatic rings. The van der Waals surface area contributed by atoms with Gasteiger partial charge in [-0.3, -0.25) is 0 Å². The zero-order valence-electron chi connectivity index (χ0n) is 7.13. The van der Waals surface area contributed by atoms with E-state index in [4.69, 9.17) is 4.74 Å². The van der Waals surface area contributed by atoms with Gasteiger partial charge < -0.3 is 4.74 Å². The highest BCUT2D eigenvalue weighted by Gasteiger charge is 1.83. The maximum atomic E-state index is 4.96. The minimum atomic E-state index is 0.756. The first kappa shape index (κ1) is 9.76. The van der Waals surface area contributed by atoms with Crippen molar-refractivity contribution in [1.29, 1.82) is 0 Å². The lowest BCUT2D eigenvalue weighted by Gasteiger charge is -1.96. The number of hydrogen-bond donors (Lipinski definition) is 0. The number of methoxy groups -OCH3 is 1. The van der Waals surface area contributed by atoms with E-state index in [1.54, 1.807) is 19.3 Å². The fourth-order valence-electron chi connectivity index (χ4n) is 0.501. The van der Waals surface area contributed by atoms with Crippen molar-refractivity contribution in [2.24, 2.45) is 0 Å². The summed E-state index contributed by atoms with van der Waals surface area (Å²) in [6.07, 6.45) is 7.22. The molecule has 0 bridgehead atoms. The SMILES string of the molecule is C=C/C(C)=C\C=C(/C=C)OC. The molecule has 11 heavy (non-hydrogen) atoms. The van der Waals surface area contributed by atoms with Gasteiger partial charge in [0.1, 0.15) is 5.76 Å². The highest BCUT2D eigenvalue weighted by molar-refractivity contribution is 5.24. The fraction of sp³-hybridized carbons (Fsp3) is 0.200. The van der Waals surface area contributed by atoms with Gasteiger partial charge in [-0.1, -0.05) is 30.9 Å². The molecular formula is C10H14O. The van der Waals surface area contributed by atoms with E-state index in [9.17, 15) is 0 Å². The van der Waals surface area contributed by atoms with Crippen molar-refractivity contribution in [3.63, 3.8) is 0 Å². The number of allylic oxidation sites excluding steroid dienone is 5. The van der Waals surface area contributed by atoms with E-state index in [1.165, 1.54) is 0 Å². The lowest BCUT2D eigenvalue weighted by molar-refractivity contribution is 0.307. The number of rotatable bonds is 4. The van der Waals surface area contributed by atoms with Crippen molar-refractivity contribution >= 4 is 0 Å². The Kier molecular flexibility index (Phi) is 4.91. The Morgan fingerprint density at radius 1 is 1.18 bits per heavy atom. The number of hydrogen-bond acceptors (Lipinski definition) is 1. The van der Waals surface area contributed by atoms with E-state index < -0.39 is 0 Å². The molecule has 0 aliphatic carbocycles. The molecule has 1 heteroatoms. The molecular weight excluding hydrogens is 136 g/mol. The smallest absolute Gasteiger partial charge is 0.118 e. The van der Waals surface area contributed by atoms with Gasteiger partial charge in [-0.2, -0.15) is 0 Å². The van der Waals surface area contributed by atoms with E-state index in [1.807, 2.05) is 19.1 Å². The van der Waals surface area contributed by atoms with Crippen LogP contribution in [0.4, 0.5) is 0 Å². The van der Waals surface area contributed by atoms with Gasteiger partial charge in [0.15, 0.2) is 0 Å². The summed E-state index contributed by atoms with van der Waals surface area (Å²) in [7, 11) is 1.62. The average Bonchev–Trinajstić information content (AvgIpc) is 2.06. The second kappa shape index (κ2) is 5.54. The maximum absolute atomic E-state index is 4.96. The summed E-state index contributed by atoms with van der Waals surface area (Å²) in [5.41, 5.74) is 1.10. The molecule has 0 N–H and O–H groups in total. The van der Waals surface area contributed by atoms with Crippen LogP contribution >= 0.6 is 0 Å². The van der Waals surface area contributed by atoms with Crippen LogP contribution in [0.1, 0.15) is 6.92 Å². The molecule has 0 atom stereocenters. The molecule has 0 fully saturated rings. The molecule has 1 nitrogen and oxygen atoms in total. The van der Waals surface area contributed by atoms with Gasteiger partial charge in [0.25, 0.3) is 0 Å². The predicted molar refractivity (Wildman–Crippen MR) is 49.2 cm³/mol. The topological polar surface area (TPSA) is 9.23 Å². The highest BCUT2D eigenvalue weighted by Crippen LogP contribution is 1.99. The Hall–Kier alpha value is -1.24. The van der Waals surface area contributed by atoms with Crippen molar-refractivity contribution in [1.82, 2.24) is 0 Å². The fourth-order valence-corrected chi connectivity index (χ4v) is 0.501. The Balaban J connectivity index is 4.28. The first-order chi connectivity index (χ1) is 5.24. The zero-order chi connectivity index (χ0) is 8.69. The molecule has 0 heterocycles. The molecule has 0 rings (SSSR count). The molecule has 0 amide bonds. The summed E-state index contributed by atoms with van der Waals surface area (Å²) in [6, 6.07) is 0. The van der Waals surface area contributed by atoms with E-state index in [-0.39, 0.29) is 0 Å². The summed E-state index contributed by atoms with van der Waals surface area (Å²) in [6.45, 7) is 9.19. The lowest BCUT2D eigenvalue weighted by atomic mass is 10.2. The second-order valence-electron chi connectivity index (χ2n) is 2.09. The summed E-state index contributed by atoms with van der Waals surface area (Å²) >= 11 is 0. The molecule has 60 valence electrons. The quantitative estimate of drug-likeness (QED) is 0.442. The van der Waals surface area contributed by atoms with Crippen LogP contribution < -0.4 is 0 Å². The standard InChI is InChI=1S/C10H14O/c1-5-9(3)7-8-10(6-2)11-4/h5-8H,1-2H2,3-4H3/b9-7-,10-8+. The van der Waals surface area contributed by atoms with Gasteiger partial charge in [-0.15, -0.1) is 0 Å². The van der Waals surface area contributed by atoms with Crippen LogP contribution in [0.5, 0.6) is 0 Å². The largest absolute Gasteiger partial charge is 0.497 e.